The molecule has 1 heterocycles. The van der Waals surface area contributed by atoms with E-state index in [0.29, 0.717) is 12.2 Å². The lowest BCUT2D eigenvalue weighted by Gasteiger charge is -2.06. The number of hydrogen-bond donors (Lipinski definition) is 1. The predicted molar refractivity (Wildman–Crippen MR) is 73.3 cm³/mol. The van der Waals surface area contributed by atoms with Gasteiger partial charge in [-0.2, -0.15) is 5.26 Å². The van der Waals surface area contributed by atoms with E-state index in [0.717, 1.165) is 7.89 Å². The molecule has 0 bridgehead atoms. The first-order valence-corrected chi connectivity index (χ1v) is 6.63. The highest BCUT2D eigenvalue weighted by Crippen LogP contribution is 2.20. The molecule has 0 spiro atoms. The van der Waals surface area contributed by atoms with Crippen molar-refractivity contribution in [3.05, 3.63) is 43.7 Å². The Morgan fingerprint density at radius 2 is 2.35 bits per heavy atom. The number of nitriles is 1. The largest absolute Gasteiger partial charge is 0.377 e. The molecule has 1 aromatic carbocycles. The van der Waals surface area contributed by atoms with E-state index in [2.05, 4.69) is 32.9 Å². The summed E-state index contributed by atoms with van der Waals surface area (Å²) in [7, 11) is 0. The zero-order chi connectivity index (χ0) is 12.3. The first-order valence-electron chi connectivity index (χ1n) is 4.73. The molecule has 0 unspecified atom stereocenters. The van der Waals surface area contributed by atoms with E-state index in [1.165, 1.54) is 6.07 Å². The van der Waals surface area contributed by atoms with Crippen molar-refractivity contribution in [2.75, 3.05) is 5.32 Å². The minimum atomic E-state index is -0.508. The molecule has 2 rings (SSSR count). The van der Waals surface area contributed by atoms with Crippen molar-refractivity contribution in [3.8, 4) is 6.07 Å². The van der Waals surface area contributed by atoms with Crippen molar-refractivity contribution in [1.82, 2.24) is 4.98 Å². The molecule has 0 saturated carbocycles. The zero-order valence-electron chi connectivity index (χ0n) is 8.58. The maximum absolute atomic E-state index is 13.3. The Morgan fingerprint density at radius 3 is 3.00 bits per heavy atom. The molecule has 0 saturated heterocycles. The minimum absolute atomic E-state index is 0.0405. The van der Waals surface area contributed by atoms with Gasteiger partial charge in [0, 0.05) is 0 Å². The number of halogens is 2. The third-order valence-electron chi connectivity index (χ3n) is 2.08. The smallest absolute Gasteiger partial charge is 0.143 e. The van der Waals surface area contributed by atoms with Crippen LogP contribution >= 0.6 is 33.9 Å². The molecule has 2 aromatic rings. The van der Waals surface area contributed by atoms with Crippen LogP contribution < -0.4 is 5.32 Å². The summed E-state index contributed by atoms with van der Waals surface area (Å²) in [4.78, 5) is 4.18. The number of aromatic nitrogens is 1. The van der Waals surface area contributed by atoms with Crippen LogP contribution in [-0.2, 0) is 6.54 Å². The molecule has 0 amide bonds. The lowest BCUT2D eigenvalue weighted by Crippen LogP contribution is -2.01. The Labute approximate surface area is 115 Å². The second kappa shape index (κ2) is 5.42. The van der Waals surface area contributed by atoms with Gasteiger partial charge in [0.1, 0.15) is 22.5 Å². The monoisotopic (exact) mass is 359 g/mol. The van der Waals surface area contributed by atoms with Gasteiger partial charge in [-0.15, -0.1) is 11.3 Å². The van der Waals surface area contributed by atoms with Gasteiger partial charge in [-0.25, -0.2) is 9.37 Å². The average Bonchev–Trinajstić information content (AvgIpc) is 2.72. The Hall–Kier alpha value is -1.20. The van der Waals surface area contributed by atoms with Gasteiger partial charge >= 0.3 is 0 Å². The van der Waals surface area contributed by atoms with Crippen molar-refractivity contribution >= 4 is 39.6 Å². The topological polar surface area (TPSA) is 48.7 Å². The Bertz CT molecular complexity index is 576. The van der Waals surface area contributed by atoms with E-state index < -0.39 is 5.82 Å². The zero-order valence-corrected chi connectivity index (χ0v) is 11.5. The molecule has 6 heteroatoms. The fourth-order valence-corrected chi connectivity index (χ4v) is 2.81. The fourth-order valence-electron chi connectivity index (χ4n) is 1.33. The molecule has 3 nitrogen and oxygen atoms in total. The molecular weight excluding hydrogens is 352 g/mol. The van der Waals surface area contributed by atoms with Crippen molar-refractivity contribution in [2.45, 2.75) is 6.54 Å². The average molecular weight is 359 g/mol. The van der Waals surface area contributed by atoms with Crippen molar-refractivity contribution in [3.63, 3.8) is 0 Å². The normalized spacial score (nSPS) is 9.94. The Morgan fingerprint density at radius 1 is 1.53 bits per heavy atom. The standard InChI is InChI=1S/C11H7FIN3S/c12-8-2-1-3-9(7(8)4-14)15-6-11-16-5-10(13)17-11/h1-3,5,15H,6H2. The number of nitrogens with zero attached hydrogens (tertiary/aromatic N) is 2. The van der Waals surface area contributed by atoms with Crippen molar-refractivity contribution in [1.29, 1.82) is 5.26 Å². The summed E-state index contributed by atoms with van der Waals surface area (Å²) in [6.45, 7) is 0.492. The van der Waals surface area contributed by atoms with Crippen LogP contribution in [-0.4, -0.2) is 4.98 Å². The van der Waals surface area contributed by atoms with Gasteiger partial charge in [0.15, 0.2) is 0 Å². The molecule has 86 valence electrons. The lowest BCUT2D eigenvalue weighted by atomic mass is 10.2. The van der Waals surface area contributed by atoms with E-state index in [4.69, 9.17) is 5.26 Å². The minimum Gasteiger partial charge on any atom is -0.377 e. The van der Waals surface area contributed by atoms with E-state index >= 15 is 0 Å². The number of nitrogens with one attached hydrogen (secondary N) is 1. The van der Waals surface area contributed by atoms with E-state index in [-0.39, 0.29) is 5.56 Å². The Balaban J connectivity index is 2.14. The van der Waals surface area contributed by atoms with E-state index in [1.807, 2.05) is 6.07 Å². The van der Waals surface area contributed by atoms with Crippen LogP contribution in [0.3, 0.4) is 0 Å². The highest BCUT2D eigenvalue weighted by molar-refractivity contribution is 14.1. The summed E-state index contributed by atoms with van der Waals surface area (Å²) in [5, 5.41) is 12.8. The molecule has 17 heavy (non-hydrogen) atoms. The lowest BCUT2D eigenvalue weighted by molar-refractivity contribution is 0.624. The van der Waals surface area contributed by atoms with Gasteiger partial charge in [0.25, 0.3) is 0 Å². The summed E-state index contributed by atoms with van der Waals surface area (Å²) >= 11 is 3.75. The SMILES string of the molecule is N#Cc1c(F)cccc1NCc1ncc(I)s1. The van der Waals surface area contributed by atoms with Gasteiger partial charge in [-0.05, 0) is 34.7 Å². The summed E-state index contributed by atoms with van der Waals surface area (Å²) in [6, 6.07) is 6.38. The molecule has 0 aliphatic carbocycles. The quantitative estimate of drug-likeness (QED) is 0.855. The number of thiazole rings is 1. The summed E-state index contributed by atoms with van der Waals surface area (Å²) in [6.07, 6.45) is 1.78. The molecule has 0 radical (unpaired) electrons. The van der Waals surface area contributed by atoms with E-state index in [9.17, 15) is 4.39 Å². The van der Waals surface area contributed by atoms with Gasteiger partial charge < -0.3 is 5.32 Å². The number of hydrogen-bond acceptors (Lipinski definition) is 4. The van der Waals surface area contributed by atoms with E-state index in [1.54, 1.807) is 29.7 Å². The molecule has 0 aliphatic rings. The summed E-state index contributed by atoms with van der Waals surface area (Å²) in [5.41, 5.74) is 0.538. The number of anilines is 1. The molecule has 0 aliphatic heterocycles. The maximum atomic E-state index is 13.3. The summed E-state index contributed by atoms with van der Waals surface area (Å²) < 4.78 is 14.4. The van der Waals surface area contributed by atoms with Crippen molar-refractivity contribution < 1.29 is 4.39 Å². The van der Waals surface area contributed by atoms with Gasteiger partial charge in [0.2, 0.25) is 0 Å². The van der Waals surface area contributed by atoms with Crippen LogP contribution in [0.2, 0.25) is 0 Å². The first kappa shape index (κ1) is 12.3. The first-order chi connectivity index (χ1) is 8.20. The molecular formula is C11H7FIN3S. The third-order valence-corrected chi connectivity index (χ3v) is 3.81. The third kappa shape index (κ3) is 2.92. The second-order valence-corrected chi connectivity index (χ2v) is 6.20. The van der Waals surface area contributed by atoms with Crippen LogP contribution in [0.5, 0.6) is 0 Å². The Kier molecular flexibility index (Phi) is 3.91. The van der Waals surface area contributed by atoms with Crippen LogP contribution in [0.1, 0.15) is 10.6 Å². The fraction of sp³-hybridized carbons (Fsp3) is 0.0909. The maximum Gasteiger partial charge on any atom is 0.143 e. The number of benzene rings is 1. The summed E-state index contributed by atoms with van der Waals surface area (Å²) in [5.74, 6) is -0.508. The second-order valence-electron chi connectivity index (χ2n) is 3.19. The van der Waals surface area contributed by atoms with Crippen LogP contribution in [0.25, 0.3) is 0 Å². The van der Waals surface area contributed by atoms with Crippen LogP contribution in [0, 0.1) is 20.0 Å². The molecule has 0 atom stereocenters. The van der Waals surface area contributed by atoms with Crippen LogP contribution in [0.15, 0.2) is 24.4 Å². The molecule has 1 N–H and O–H groups in total. The molecule has 1 aromatic heterocycles. The van der Waals surface area contributed by atoms with Crippen LogP contribution in [0.4, 0.5) is 10.1 Å². The molecule has 0 fully saturated rings. The van der Waals surface area contributed by atoms with Gasteiger partial charge in [-0.1, -0.05) is 6.07 Å². The predicted octanol–water partition coefficient (Wildman–Crippen LogP) is 3.37. The van der Waals surface area contributed by atoms with Gasteiger partial charge in [0.05, 0.1) is 21.3 Å². The van der Waals surface area contributed by atoms with Gasteiger partial charge in [-0.3, -0.25) is 0 Å². The number of rotatable bonds is 3. The highest BCUT2D eigenvalue weighted by atomic mass is 127. The van der Waals surface area contributed by atoms with Crippen molar-refractivity contribution in [2.24, 2.45) is 0 Å². The highest BCUT2D eigenvalue weighted by Gasteiger charge is 2.07.